The van der Waals surface area contributed by atoms with E-state index in [-0.39, 0.29) is 11.5 Å². The first-order valence-corrected chi connectivity index (χ1v) is 7.16. The summed E-state index contributed by atoms with van der Waals surface area (Å²) >= 11 is 0. The molecular formula is C7H8O10S2. The fraction of sp³-hybridized carbons (Fsp3) is 0.143. The molecule has 0 bridgehead atoms. The zero-order valence-corrected chi connectivity index (χ0v) is 10.5. The number of hydrogen-bond donors (Lipinski definition) is 3. The molecule has 0 aromatic heterocycles. The molecule has 0 spiro atoms. The van der Waals surface area contributed by atoms with Crippen LogP contribution in [0.1, 0.15) is 0 Å². The Labute approximate surface area is 107 Å². The van der Waals surface area contributed by atoms with E-state index in [1.54, 1.807) is 0 Å². The number of esters is 1. The van der Waals surface area contributed by atoms with Crippen molar-refractivity contribution in [2.75, 3.05) is 0 Å². The average Bonchev–Trinajstić information content (AvgIpc) is 2.18. The number of ether oxygens (including phenoxy) is 1. The molecule has 108 valence electrons. The Morgan fingerprint density at radius 2 is 1.58 bits per heavy atom. The predicted octanol–water partition coefficient (Wildman–Crippen LogP) is -1.21. The summed E-state index contributed by atoms with van der Waals surface area (Å²) in [6.07, 6.45) is 0.842. The van der Waals surface area contributed by atoms with Gasteiger partial charge in [0.05, 0.1) is 5.41 Å². The standard InChI is InChI=1S/C7H8O10S2/c8-5(9)1-2-6(10)17-7(19(14,15)16)3-4-18(11,12)13/h1-4,7H,(H,8,9)(H,11,12,13)(H,14,15,16). The quantitative estimate of drug-likeness (QED) is 0.306. The lowest BCUT2D eigenvalue weighted by atomic mass is 10.5. The lowest BCUT2D eigenvalue weighted by Crippen LogP contribution is -2.24. The highest BCUT2D eigenvalue weighted by molar-refractivity contribution is 7.89. The first kappa shape index (κ1) is 17.2. The molecule has 0 heterocycles. The summed E-state index contributed by atoms with van der Waals surface area (Å²) in [6.45, 7) is 0. The van der Waals surface area contributed by atoms with Gasteiger partial charge in [-0.15, -0.1) is 0 Å². The summed E-state index contributed by atoms with van der Waals surface area (Å²) < 4.78 is 63.1. The minimum atomic E-state index is -5.01. The summed E-state index contributed by atoms with van der Waals surface area (Å²) in [4.78, 5) is 21.0. The largest absolute Gasteiger partial charge is 0.478 e. The fourth-order valence-corrected chi connectivity index (χ4v) is 1.59. The van der Waals surface area contributed by atoms with E-state index in [4.69, 9.17) is 14.2 Å². The number of rotatable bonds is 6. The highest BCUT2D eigenvalue weighted by Crippen LogP contribution is 2.05. The molecule has 0 aliphatic heterocycles. The molecule has 0 rings (SSSR count). The minimum absolute atomic E-state index is 0.0281. The molecule has 0 aliphatic rings. The molecule has 1 atom stereocenters. The molecule has 0 aromatic carbocycles. The van der Waals surface area contributed by atoms with Gasteiger partial charge >= 0.3 is 22.1 Å². The Morgan fingerprint density at radius 1 is 1.05 bits per heavy atom. The van der Waals surface area contributed by atoms with Crippen LogP contribution >= 0.6 is 0 Å². The molecule has 12 heteroatoms. The Hall–Kier alpha value is -1.76. The van der Waals surface area contributed by atoms with E-state index >= 15 is 0 Å². The van der Waals surface area contributed by atoms with Crippen molar-refractivity contribution < 1.29 is 45.4 Å². The van der Waals surface area contributed by atoms with E-state index < -0.39 is 37.6 Å². The molecule has 10 nitrogen and oxygen atoms in total. The maximum Gasteiger partial charge on any atom is 0.332 e. The van der Waals surface area contributed by atoms with Crippen molar-refractivity contribution in [1.29, 1.82) is 0 Å². The van der Waals surface area contributed by atoms with Crippen LogP contribution in [0.5, 0.6) is 0 Å². The van der Waals surface area contributed by atoms with E-state index in [0.717, 1.165) is 0 Å². The second kappa shape index (κ2) is 6.42. The van der Waals surface area contributed by atoms with Crippen molar-refractivity contribution in [2.24, 2.45) is 0 Å². The van der Waals surface area contributed by atoms with Gasteiger partial charge in [-0.05, 0) is 6.08 Å². The maximum absolute atomic E-state index is 10.9. The highest BCUT2D eigenvalue weighted by Gasteiger charge is 2.24. The van der Waals surface area contributed by atoms with Crippen molar-refractivity contribution in [1.82, 2.24) is 0 Å². The van der Waals surface area contributed by atoms with Crippen molar-refractivity contribution >= 4 is 32.2 Å². The third-order valence-electron chi connectivity index (χ3n) is 1.30. The lowest BCUT2D eigenvalue weighted by Gasteiger charge is -2.08. The van der Waals surface area contributed by atoms with Crippen LogP contribution in [0.15, 0.2) is 23.6 Å². The number of carboxylic acid groups (broad SMARTS) is 1. The number of carbonyl (C=O) groups is 2. The average molecular weight is 316 g/mol. The Kier molecular flexibility index (Phi) is 5.82. The maximum atomic E-state index is 10.9. The molecule has 0 saturated carbocycles. The summed E-state index contributed by atoms with van der Waals surface area (Å²) in [5, 5.41) is 8.15. The zero-order valence-electron chi connectivity index (χ0n) is 8.90. The van der Waals surface area contributed by atoms with E-state index in [1.807, 2.05) is 0 Å². The fourth-order valence-electron chi connectivity index (χ4n) is 0.656. The monoisotopic (exact) mass is 316 g/mol. The van der Waals surface area contributed by atoms with Gasteiger partial charge in [-0.2, -0.15) is 16.8 Å². The van der Waals surface area contributed by atoms with Gasteiger partial charge in [0.15, 0.2) is 0 Å². The van der Waals surface area contributed by atoms with Crippen LogP contribution in [0.25, 0.3) is 0 Å². The molecule has 0 aromatic rings. The van der Waals surface area contributed by atoms with Gasteiger partial charge < -0.3 is 9.84 Å². The second-order valence-corrected chi connectivity index (χ2v) is 5.63. The predicted molar refractivity (Wildman–Crippen MR) is 58.9 cm³/mol. The molecule has 0 amide bonds. The second-order valence-electron chi connectivity index (χ2n) is 2.84. The first-order chi connectivity index (χ1) is 8.42. The van der Waals surface area contributed by atoms with Crippen LogP contribution in [0, 0.1) is 0 Å². The van der Waals surface area contributed by atoms with Crippen LogP contribution in [0.4, 0.5) is 0 Å². The molecule has 0 aliphatic carbocycles. The third-order valence-corrected chi connectivity index (χ3v) is 2.64. The molecule has 3 N–H and O–H groups in total. The van der Waals surface area contributed by atoms with E-state index in [9.17, 15) is 26.4 Å². The zero-order chi connectivity index (χ0) is 15.3. The molecule has 19 heavy (non-hydrogen) atoms. The van der Waals surface area contributed by atoms with Crippen LogP contribution in [0.2, 0.25) is 0 Å². The Balaban J connectivity index is 5.07. The molecule has 1 unspecified atom stereocenters. The van der Waals surface area contributed by atoms with Crippen LogP contribution < -0.4 is 0 Å². The lowest BCUT2D eigenvalue weighted by molar-refractivity contribution is -0.139. The molecule has 0 radical (unpaired) electrons. The number of carbonyl (C=O) groups excluding carboxylic acids is 1. The van der Waals surface area contributed by atoms with E-state index in [2.05, 4.69) is 4.74 Å². The SMILES string of the molecule is O=C(O)C=CC(=O)OC(C=CS(=O)(=O)O)S(=O)(=O)O. The number of aliphatic carboxylic acids is 1. The van der Waals surface area contributed by atoms with Gasteiger partial charge in [-0.1, -0.05) is 0 Å². The summed E-state index contributed by atoms with van der Waals surface area (Å²) in [5.41, 5.74) is -2.42. The van der Waals surface area contributed by atoms with E-state index in [1.165, 1.54) is 0 Å². The number of carboxylic acids is 1. The molecular weight excluding hydrogens is 308 g/mol. The highest BCUT2D eigenvalue weighted by atomic mass is 32.2. The smallest absolute Gasteiger partial charge is 0.332 e. The number of hydrogen-bond acceptors (Lipinski definition) is 7. The van der Waals surface area contributed by atoms with Crippen LogP contribution in [-0.2, 0) is 34.6 Å². The van der Waals surface area contributed by atoms with Gasteiger partial charge in [0.2, 0.25) is 5.44 Å². The van der Waals surface area contributed by atoms with Crippen molar-refractivity contribution in [2.45, 2.75) is 5.44 Å². The van der Waals surface area contributed by atoms with Gasteiger partial charge in [0.1, 0.15) is 0 Å². The van der Waals surface area contributed by atoms with Gasteiger partial charge in [-0.25, -0.2) is 9.59 Å². The summed E-state index contributed by atoms with van der Waals surface area (Å²) in [7, 11) is -9.71. The third kappa shape index (κ3) is 8.90. The van der Waals surface area contributed by atoms with Gasteiger partial charge in [0, 0.05) is 12.2 Å². The van der Waals surface area contributed by atoms with Gasteiger partial charge in [0.25, 0.3) is 10.1 Å². The van der Waals surface area contributed by atoms with Crippen LogP contribution in [-0.4, -0.2) is 48.4 Å². The van der Waals surface area contributed by atoms with Gasteiger partial charge in [-0.3, -0.25) is 9.11 Å². The van der Waals surface area contributed by atoms with Crippen molar-refractivity contribution in [3.63, 3.8) is 0 Å². The minimum Gasteiger partial charge on any atom is -0.478 e. The van der Waals surface area contributed by atoms with E-state index in [0.29, 0.717) is 12.2 Å². The van der Waals surface area contributed by atoms with Crippen molar-refractivity contribution in [3.8, 4) is 0 Å². The summed E-state index contributed by atoms with van der Waals surface area (Å²) in [5.74, 6) is -2.99. The normalized spacial score (nSPS) is 14.6. The Bertz CT molecular complexity index is 608. The first-order valence-electron chi connectivity index (χ1n) is 4.15. The molecule has 0 fully saturated rings. The summed E-state index contributed by atoms with van der Waals surface area (Å²) in [6, 6.07) is 0. The Morgan fingerprint density at radius 3 is 1.95 bits per heavy atom. The van der Waals surface area contributed by atoms with Crippen LogP contribution in [0.3, 0.4) is 0 Å². The topological polar surface area (TPSA) is 172 Å². The molecule has 0 saturated heterocycles. The van der Waals surface area contributed by atoms with Crippen molar-refractivity contribution in [3.05, 3.63) is 23.6 Å².